The Kier molecular flexibility index (Phi) is 4.04. The van der Waals surface area contributed by atoms with Crippen molar-refractivity contribution in [2.45, 2.75) is 4.90 Å². The smallest absolute Gasteiger partial charge is 0.408 e. The van der Waals surface area contributed by atoms with Crippen LogP contribution in [-0.4, -0.2) is 48.5 Å². The molecule has 1 aliphatic heterocycles. The summed E-state index contributed by atoms with van der Waals surface area (Å²) in [5.74, 6) is 0.331. The fourth-order valence-electron chi connectivity index (χ4n) is 3.11. The molecule has 3 aromatic rings. The minimum absolute atomic E-state index is 0.160. The summed E-state index contributed by atoms with van der Waals surface area (Å²) in [5.41, 5.74) is 0.833. The highest BCUT2D eigenvalue weighted by Crippen LogP contribution is 2.23. The zero-order valence-corrected chi connectivity index (χ0v) is 15.0. The first-order valence-corrected chi connectivity index (χ1v) is 9.66. The molecule has 0 saturated carbocycles. The summed E-state index contributed by atoms with van der Waals surface area (Å²) in [5, 5.41) is 0. The van der Waals surface area contributed by atoms with Crippen LogP contribution in [0.5, 0.6) is 0 Å². The van der Waals surface area contributed by atoms with Crippen LogP contribution in [0.2, 0.25) is 0 Å². The molecular weight excluding hydrogens is 356 g/mol. The van der Waals surface area contributed by atoms with Crippen LogP contribution in [0.1, 0.15) is 0 Å². The summed E-state index contributed by atoms with van der Waals surface area (Å²) in [4.78, 5) is 18.1. The predicted octanol–water partition coefficient (Wildman–Crippen LogP) is 1.04. The second kappa shape index (κ2) is 6.26. The largest absolute Gasteiger partial charge is 0.419 e. The molecule has 9 heteroatoms. The van der Waals surface area contributed by atoms with E-state index in [1.807, 2.05) is 18.2 Å². The summed E-state index contributed by atoms with van der Waals surface area (Å²) in [6.07, 6.45) is 1.73. The summed E-state index contributed by atoms with van der Waals surface area (Å²) in [6.45, 7) is 1.90. The number of aromatic nitrogens is 2. The average Bonchev–Trinajstić information content (AvgIpc) is 2.96. The van der Waals surface area contributed by atoms with E-state index < -0.39 is 15.8 Å². The number of pyridine rings is 1. The monoisotopic (exact) mass is 374 g/mol. The van der Waals surface area contributed by atoms with Gasteiger partial charge in [0.15, 0.2) is 5.58 Å². The van der Waals surface area contributed by atoms with Gasteiger partial charge in [-0.1, -0.05) is 6.07 Å². The van der Waals surface area contributed by atoms with Crippen molar-refractivity contribution in [3.8, 4) is 0 Å². The first kappa shape index (κ1) is 16.8. The molecule has 1 saturated heterocycles. The lowest BCUT2D eigenvalue weighted by molar-refractivity contribution is 0.384. The number of anilines is 1. The molecule has 0 aliphatic carbocycles. The normalized spacial score (nSPS) is 16.3. The topological polar surface area (TPSA) is 88.6 Å². The Balaban J connectivity index is 1.58. The predicted molar refractivity (Wildman–Crippen MR) is 96.7 cm³/mol. The summed E-state index contributed by atoms with van der Waals surface area (Å²) in [6, 6.07) is 10.2. The van der Waals surface area contributed by atoms with Crippen LogP contribution in [0.4, 0.5) is 5.82 Å². The molecule has 8 nitrogen and oxygen atoms in total. The van der Waals surface area contributed by atoms with E-state index >= 15 is 0 Å². The van der Waals surface area contributed by atoms with E-state index in [0.29, 0.717) is 37.3 Å². The number of sulfonamides is 1. The van der Waals surface area contributed by atoms with E-state index in [0.717, 1.165) is 5.82 Å². The third-order valence-corrected chi connectivity index (χ3v) is 6.51. The van der Waals surface area contributed by atoms with Gasteiger partial charge in [0.05, 0.1) is 10.4 Å². The standard InChI is InChI=1S/C17H18N4O4S/c1-19-14-12-13(5-6-15(14)25-17(19)22)26(23,24)21-10-8-20(9-11-21)16-4-2-3-7-18-16/h2-7,12H,8-11H2,1H3. The molecule has 0 spiro atoms. The van der Waals surface area contributed by atoms with Gasteiger partial charge in [-0.15, -0.1) is 0 Å². The maximum Gasteiger partial charge on any atom is 0.419 e. The molecule has 0 radical (unpaired) electrons. The minimum atomic E-state index is -3.64. The van der Waals surface area contributed by atoms with Crippen LogP contribution in [0.15, 0.2) is 56.7 Å². The average molecular weight is 374 g/mol. The molecule has 0 amide bonds. The Morgan fingerprint density at radius 1 is 1.08 bits per heavy atom. The van der Waals surface area contributed by atoms with Crippen LogP contribution in [0, 0.1) is 0 Å². The molecular formula is C17H18N4O4S. The molecule has 136 valence electrons. The zero-order chi connectivity index (χ0) is 18.3. The lowest BCUT2D eigenvalue weighted by atomic mass is 10.3. The van der Waals surface area contributed by atoms with Crippen LogP contribution in [0.3, 0.4) is 0 Å². The maximum absolute atomic E-state index is 13.0. The first-order valence-electron chi connectivity index (χ1n) is 8.22. The SMILES string of the molecule is Cn1c(=O)oc2ccc(S(=O)(=O)N3CCN(c4ccccn4)CC3)cc21. The second-order valence-corrected chi connectivity index (χ2v) is 8.07. The molecule has 0 atom stereocenters. The fourth-order valence-corrected chi connectivity index (χ4v) is 4.56. The molecule has 4 rings (SSSR count). The quantitative estimate of drug-likeness (QED) is 0.681. The van der Waals surface area contributed by atoms with Crippen molar-refractivity contribution in [1.82, 2.24) is 13.9 Å². The van der Waals surface area contributed by atoms with Crippen LogP contribution >= 0.6 is 0 Å². The van der Waals surface area contributed by atoms with Crippen molar-refractivity contribution in [3.63, 3.8) is 0 Å². The highest BCUT2D eigenvalue weighted by molar-refractivity contribution is 7.89. The lowest BCUT2D eigenvalue weighted by Gasteiger charge is -2.34. The minimum Gasteiger partial charge on any atom is -0.408 e. The van der Waals surface area contributed by atoms with Gasteiger partial charge < -0.3 is 9.32 Å². The van der Waals surface area contributed by atoms with Gasteiger partial charge in [-0.05, 0) is 30.3 Å². The van der Waals surface area contributed by atoms with Gasteiger partial charge in [0.25, 0.3) is 0 Å². The van der Waals surface area contributed by atoms with Crippen LogP contribution in [-0.2, 0) is 17.1 Å². The fraction of sp³-hybridized carbons (Fsp3) is 0.294. The number of benzene rings is 1. The Morgan fingerprint density at radius 2 is 1.85 bits per heavy atom. The van der Waals surface area contributed by atoms with Gasteiger partial charge >= 0.3 is 5.76 Å². The van der Waals surface area contributed by atoms with E-state index in [2.05, 4.69) is 9.88 Å². The number of aryl methyl sites for hydroxylation is 1. The molecule has 3 heterocycles. The van der Waals surface area contributed by atoms with Crippen molar-refractivity contribution in [1.29, 1.82) is 0 Å². The number of rotatable bonds is 3. The van der Waals surface area contributed by atoms with Crippen molar-refractivity contribution in [2.75, 3.05) is 31.1 Å². The van der Waals surface area contributed by atoms with Gasteiger partial charge in [0.2, 0.25) is 10.0 Å². The van der Waals surface area contributed by atoms with Gasteiger partial charge in [0, 0.05) is 39.4 Å². The third-order valence-electron chi connectivity index (χ3n) is 4.61. The van der Waals surface area contributed by atoms with Crippen molar-refractivity contribution in [2.24, 2.45) is 7.05 Å². The molecule has 0 unspecified atom stereocenters. The second-order valence-electron chi connectivity index (χ2n) is 6.14. The lowest BCUT2D eigenvalue weighted by Crippen LogP contribution is -2.48. The van der Waals surface area contributed by atoms with Gasteiger partial charge in [-0.2, -0.15) is 4.31 Å². The van der Waals surface area contributed by atoms with Crippen LogP contribution < -0.4 is 10.7 Å². The number of piperazine rings is 1. The molecule has 1 aromatic carbocycles. The Hall–Kier alpha value is -2.65. The van der Waals surface area contributed by atoms with Crippen molar-refractivity contribution >= 4 is 26.9 Å². The van der Waals surface area contributed by atoms with E-state index in [1.165, 1.54) is 27.1 Å². The molecule has 1 aliphatic rings. The number of oxazole rings is 1. The highest BCUT2D eigenvalue weighted by atomic mass is 32.2. The summed E-state index contributed by atoms with van der Waals surface area (Å²) < 4.78 is 33.8. The number of fused-ring (bicyclic) bond motifs is 1. The van der Waals surface area contributed by atoms with Crippen molar-refractivity contribution < 1.29 is 12.8 Å². The number of hydrogen-bond donors (Lipinski definition) is 0. The van der Waals surface area contributed by atoms with E-state index in [4.69, 9.17) is 4.42 Å². The first-order chi connectivity index (χ1) is 12.5. The summed E-state index contributed by atoms with van der Waals surface area (Å²) >= 11 is 0. The van der Waals surface area contributed by atoms with E-state index in [-0.39, 0.29) is 4.90 Å². The molecule has 1 fully saturated rings. The summed E-state index contributed by atoms with van der Waals surface area (Å²) in [7, 11) is -2.09. The van der Waals surface area contributed by atoms with Gasteiger partial charge in [-0.25, -0.2) is 18.2 Å². The van der Waals surface area contributed by atoms with Crippen LogP contribution in [0.25, 0.3) is 11.1 Å². The molecule has 26 heavy (non-hydrogen) atoms. The van der Waals surface area contributed by atoms with E-state index in [1.54, 1.807) is 13.2 Å². The Labute approximate surface area is 150 Å². The molecule has 2 aromatic heterocycles. The number of nitrogens with zero attached hydrogens (tertiary/aromatic N) is 4. The highest BCUT2D eigenvalue weighted by Gasteiger charge is 2.29. The zero-order valence-electron chi connectivity index (χ0n) is 14.2. The van der Waals surface area contributed by atoms with Gasteiger partial charge in [0.1, 0.15) is 5.82 Å². The van der Waals surface area contributed by atoms with Crippen molar-refractivity contribution in [3.05, 3.63) is 53.1 Å². The molecule has 0 N–H and O–H groups in total. The van der Waals surface area contributed by atoms with E-state index in [9.17, 15) is 13.2 Å². The number of hydrogen-bond acceptors (Lipinski definition) is 6. The Bertz CT molecular complexity index is 1100. The Morgan fingerprint density at radius 3 is 2.54 bits per heavy atom. The maximum atomic E-state index is 13.0. The third kappa shape index (κ3) is 2.78. The molecule has 0 bridgehead atoms. The van der Waals surface area contributed by atoms with Gasteiger partial charge in [-0.3, -0.25) is 4.57 Å².